The van der Waals surface area contributed by atoms with E-state index in [1.54, 1.807) is 12.1 Å². The molecule has 1 aliphatic heterocycles. The lowest BCUT2D eigenvalue weighted by molar-refractivity contribution is -0.188. The summed E-state index contributed by atoms with van der Waals surface area (Å²) < 4.78 is 43.4. The number of rotatable bonds is 4. The molecule has 0 aliphatic carbocycles. The number of nitrogens with zero attached hydrogens (tertiary/aromatic N) is 1. The Balaban J connectivity index is 1.98. The van der Waals surface area contributed by atoms with Crippen LogP contribution in [0.15, 0.2) is 22.8 Å². The van der Waals surface area contributed by atoms with Crippen LogP contribution in [0.4, 0.5) is 13.2 Å². The van der Waals surface area contributed by atoms with Gasteiger partial charge in [0.25, 0.3) is 0 Å². The van der Waals surface area contributed by atoms with E-state index in [0.29, 0.717) is 5.76 Å². The smallest absolute Gasteiger partial charge is 0.394 e. The topological polar surface area (TPSA) is 70.8 Å². The van der Waals surface area contributed by atoms with Gasteiger partial charge in [-0.1, -0.05) is 0 Å². The molecule has 1 fully saturated rings. The summed E-state index contributed by atoms with van der Waals surface area (Å²) >= 11 is 0. The summed E-state index contributed by atoms with van der Waals surface area (Å²) in [5.74, 6) is -5.08. The van der Waals surface area contributed by atoms with Crippen LogP contribution in [0.25, 0.3) is 0 Å². The molecular weight excluding hydrogens is 291 g/mol. The monoisotopic (exact) mass is 305 g/mol. The number of hydrogen-bond acceptors (Lipinski definition) is 3. The van der Waals surface area contributed by atoms with Crippen LogP contribution in [0, 0.1) is 11.8 Å². The normalized spacial score (nSPS) is 22.5. The van der Waals surface area contributed by atoms with Gasteiger partial charge in [-0.05, 0) is 12.1 Å². The lowest BCUT2D eigenvalue weighted by Gasteiger charge is -2.18. The Bertz CT molecular complexity index is 512. The van der Waals surface area contributed by atoms with Crippen LogP contribution in [0.5, 0.6) is 0 Å². The second kappa shape index (κ2) is 5.79. The minimum atomic E-state index is -4.63. The highest BCUT2D eigenvalue weighted by Crippen LogP contribution is 2.37. The summed E-state index contributed by atoms with van der Waals surface area (Å²) in [6, 6.07) is 3.31. The van der Waals surface area contributed by atoms with Crippen LogP contribution in [-0.4, -0.2) is 41.1 Å². The molecule has 1 aromatic rings. The zero-order valence-corrected chi connectivity index (χ0v) is 11.0. The van der Waals surface area contributed by atoms with E-state index < -0.39 is 43.0 Å². The van der Waals surface area contributed by atoms with E-state index in [0.717, 1.165) is 4.90 Å². The summed E-state index contributed by atoms with van der Waals surface area (Å²) in [6.07, 6.45) is -2.92. The molecule has 0 radical (unpaired) electrons. The van der Waals surface area contributed by atoms with Crippen molar-refractivity contribution in [3.05, 3.63) is 24.2 Å². The molecule has 116 valence electrons. The fourth-order valence-electron chi connectivity index (χ4n) is 2.43. The molecule has 1 saturated heterocycles. The number of carboxylic acid groups (broad SMARTS) is 1. The number of alkyl halides is 3. The third-order valence-corrected chi connectivity index (χ3v) is 3.58. The van der Waals surface area contributed by atoms with Gasteiger partial charge in [0, 0.05) is 25.9 Å². The molecule has 1 aromatic heterocycles. The Morgan fingerprint density at radius 1 is 1.38 bits per heavy atom. The van der Waals surface area contributed by atoms with Crippen LogP contribution in [0.1, 0.15) is 12.2 Å². The first-order valence-electron chi connectivity index (χ1n) is 6.38. The van der Waals surface area contributed by atoms with Gasteiger partial charge >= 0.3 is 12.1 Å². The summed E-state index contributed by atoms with van der Waals surface area (Å²) in [6.45, 7) is -1.01. The molecule has 1 aliphatic rings. The molecule has 0 aromatic carbocycles. The molecule has 1 N–H and O–H groups in total. The molecule has 5 nitrogen and oxygen atoms in total. The van der Waals surface area contributed by atoms with Crippen molar-refractivity contribution in [1.29, 1.82) is 0 Å². The molecule has 21 heavy (non-hydrogen) atoms. The fourth-order valence-corrected chi connectivity index (χ4v) is 2.43. The number of aliphatic carboxylic acids is 1. The highest BCUT2D eigenvalue weighted by Gasteiger charge is 2.53. The van der Waals surface area contributed by atoms with Crippen LogP contribution < -0.4 is 0 Å². The number of halogens is 3. The number of furan rings is 1. The minimum absolute atomic E-state index is 0.00949. The number of likely N-dealkylation sites (tertiary alicyclic amines) is 1. The summed E-state index contributed by atoms with van der Waals surface area (Å²) in [7, 11) is 0. The second-order valence-corrected chi connectivity index (χ2v) is 4.97. The maximum absolute atomic E-state index is 12.8. The number of aryl methyl sites for hydroxylation is 1. The first-order valence-corrected chi connectivity index (χ1v) is 6.38. The average molecular weight is 305 g/mol. The molecule has 0 spiro atoms. The Morgan fingerprint density at radius 3 is 2.57 bits per heavy atom. The zero-order chi connectivity index (χ0) is 15.6. The van der Waals surface area contributed by atoms with E-state index in [1.807, 2.05) is 0 Å². The average Bonchev–Trinajstić information content (AvgIpc) is 3.04. The number of carbonyl (C=O) groups excluding carboxylic acids is 1. The zero-order valence-electron chi connectivity index (χ0n) is 11.0. The molecule has 0 unspecified atom stereocenters. The molecule has 8 heteroatoms. The van der Waals surface area contributed by atoms with Crippen molar-refractivity contribution in [2.75, 3.05) is 13.1 Å². The SMILES string of the molecule is O=C(O)[C@@H]1CN(C(=O)CCc2ccco2)C[C@H]1C(F)(F)F. The van der Waals surface area contributed by atoms with Crippen molar-refractivity contribution >= 4 is 11.9 Å². The first kappa shape index (κ1) is 15.4. The Morgan fingerprint density at radius 2 is 2.10 bits per heavy atom. The molecule has 2 heterocycles. The van der Waals surface area contributed by atoms with Crippen molar-refractivity contribution in [1.82, 2.24) is 4.90 Å². The van der Waals surface area contributed by atoms with Gasteiger partial charge in [-0.3, -0.25) is 9.59 Å². The number of amides is 1. The van der Waals surface area contributed by atoms with E-state index in [4.69, 9.17) is 9.52 Å². The van der Waals surface area contributed by atoms with Crippen molar-refractivity contribution in [3.63, 3.8) is 0 Å². The fraction of sp³-hybridized carbons (Fsp3) is 0.538. The molecule has 1 amide bonds. The van der Waals surface area contributed by atoms with Crippen molar-refractivity contribution in [2.24, 2.45) is 11.8 Å². The molecule has 0 bridgehead atoms. The van der Waals surface area contributed by atoms with Gasteiger partial charge in [0.1, 0.15) is 5.76 Å². The third kappa shape index (κ3) is 3.56. The molecule has 2 rings (SSSR count). The predicted octanol–water partition coefficient (Wildman–Crippen LogP) is 1.93. The van der Waals surface area contributed by atoms with Gasteiger partial charge < -0.3 is 14.4 Å². The molecule has 2 atom stereocenters. The highest BCUT2D eigenvalue weighted by molar-refractivity contribution is 5.79. The summed E-state index contributed by atoms with van der Waals surface area (Å²) in [5, 5.41) is 8.87. The Kier molecular flexibility index (Phi) is 4.24. The molecular formula is C13H14F3NO4. The van der Waals surface area contributed by atoms with E-state index in [9.17, 15) is 22.8 Å². The van der Waals surface area contributed by atoms with Crippen molar-refractivity contribution < 1.29 is 32.3 Å². The molecule has 0 saturated carbocycles. The quantitative estimate of drug-likeness (QED) is 0.923. The van der Waals surface area contributed by atoms with Gasteiger partial charge in [-0.15, -0.1) is 0 Å². The third-order valence-electron chi connectivity index (χ3n) is 3.58. The van der Waals surface area contributed by atoms with Gasteiger partial charge in [-0.25, -0.2) is 0 Å². The van der Waals surface area contributed by atoms with Gasteiger partial charge in [0.15, 0.2) is 0 Å². The van der Waals surface area contributed by atoms with E-state index >= 15 is 0 Å². The van der Waals surface area contributed by atoms with Crippen molar-refractivity contribution in [3.8, 4) is 0 Å². The van der Waals surface area contributed by atoms with Gasteiger partial charge in [-0.2, -0.15) is 13.2 Å². The van der Waals surface area contributed by atoms with E-state index in [-0.39, 0.29) is 12.8 Å². The van der Waals surface area contributed by atoms with E-state index in [1.165, 1.54) is 6.26 Å². The summed E-state index contributed by atoms with van der Waals surface area (Å²) in [4.78, 5) is 23.8. The van der Waals surface area contributed by atoms with Gasteiger partial charge in [0.2, 0.25) is 5.91 Å². The predicted molar refractivity (Wildman–Crippen MR) is 64.3 cm³/mol. The lowest BCUT2D eigenvalue weighted by Crippen LogP contribution is -2.34. The summed E-state index contributed by atoms with van der Waals surface area (Å²) in [5.41, 5.74) is 0. The van der Waals surface area contributed by atoms with Crippen molar-refractivity contribution in [2.45, 2.75) is 19.0 Å². The number of carbonyl (C=O) groups is 2. The van der Waals surface area contributed by atoms with E-state index in [2.05, 4.69) is 0 Å². The van der Waals surface area contributed by atoms with Crippen LogP contribution in [0.3, 0.4) is 0 Å². The van der Waals surface area contributed by atoms with Crippen LogP contribution in [0.2, 0.25) is 0 Å². The minimum Gasteiger partial charge on any atom is -0.481 e. The Labute approximate surface area is 118 Å². The van der Waals surface area contributed by atoms with Crippen LogP contribution in [-0.2, 0) is 16.0 Å². The number of carboxylic acids is 1. The lowest BCUT2D eigenvalue weighted by atomic mass is 9.96. The van der Waals surface area contributed by atoms with Crippen LogP contribution >= 0.6 is 0 Å². The maximum atomic E-state index is 12.8. The maximum Gasteiger partial charge on any atom is 0.394 e. The Hall–Kier alpha value is -1.99. The largest absolute Gasteiger partial charge is 0.481 e. The second-order valence-electron chi connectivity index (χ2n) is 4.97. The van der Waals surface area contributed by atoms with Gasteiger partial charge in [0.05, 0.1) is 18.1 Å². The standard InChI is InChI=1S/C13H14F3NO4/c14-13(15,16)10-7-17(6-9(10)12(19)20)11(18)4-3-8-2-1-5-21-8/h1-2,5,9-10H,3-4,6-7H2,(H,19,20)/t9-,10-/m1/s1. The highest BCUT2D eigenvalue weighted by atomic mass is 19.4. The first-order chi connectivity index (χ1) is 9.79. The number of hydrogen-bond donors (Lipinski definition) is 1.